The summed E-state index contributed by atoms with van der Waals surface area (Å²) in [6.07, 6.45) is 9.83. The molecule has 0 radical (unpaired) electrons. The number of carbonyl (C=O) groups is 3. The molecule has 0 aromatic rings. The van der Waals surface area contributed by atoms with Crippen LogP contribution in [0.1, 0.15) is 41.0 Å². The molecule has 27 heavy (non-hydrogen) atoms. The largest absolute Gasteiger partial charge is 0.464 e. The molecule has 1 aliphatic carbocycles. The Balaban J connectivity index is 2.36. The summed E-state index contributed by atoms with van der Waals surface area (Å²) in [5.74, 6) is -0.925. The zero-order valence-electron chi connectivity index (χ0n) is 16.1. The van der Waals surface area contributed by atoms with Gasteiger partial charge >= 0.3 is 5.97 Å². The Labute approximate surface area is 167 Å². The quantitative estimate of drug-likeness (QED) is 0.363. The number of hydrogen-bond acceptors (Lipinski definition) is 5. The zero-order chi connectivity index (χ0) is 20.4. The number of ketones is 2. The van der Waals surface area contributed by atoms with E-state index < -0.39 is 23.1 Å². The highest BCUT2D eigenvalue weighted by Gasteiger charge is 2.52. The molecule has 0 bridgehead atoms. The maximum Gasteiger partial charge on any atom is 0.304 e. The lowest BCUT2D eigenvalue weighted by molar-refractivity contribution is -0.167. The minimum absolute atomic E-state index is 0.179. The predicted octanol–water partition coefficient (Wildman–Crippen LogP) is 4.46. The van der Waals surface area contributed by atoms with Gasteiger partial charge in [-0.1, -0.05) is 38.0 Å². The summed E-state index contributed by atoms with van der Waals surface area (Å²) in [6.45, 7) is 8.72. The van der Waals surface area contributed by atoms with Gasteiger partial charge in [0.05, 0.1) is 10.1 Å². The number of allylic oxidation sites excluding steroid dienone is 6. The van der Waals surface area contributed by atoms with Crippen molar-refractivity contribution >= 4 is 33.5 Å². The molecular weight excluding hydrogens is 412 g/mol. The van der Waals surface area contributed by atoms with E-state index in [1.165, 1.54) is 13.2 Å². The summed E-state index contributed by atoms with van der Waals surface area (Å²) in [5, 5.41) is 0. The highest BCUT2D eigenvalue weighted by Crippen LogP contribution is 2.39. The van der Waals surface area contributed by atoms with Crippen LogP contribution in [0.15, 0.2) is 57.5 Å². The first-order valence-electron chi connectivity index (χ1n) is 8.74. The molecule has 2 aliphatic rings. The Hall–Kier alpha value is -2.21. The van der Waals surface area contributed by atoms with E-state index in [0.717, 1.165) is 18.9 Å². The molecule has 6 heteroatoms. The molecule has 0 N–H and O–H groups in total. The van der Waals surface area contributed by atoms with Crippen LogP contribution >= 0.6 is 15.9 Å². The van der Waals surface area contributed by atoms with Gasteiger partial charge in [0.15, 0.2) is 0 Å². The molecule has 1 heterocycles. The summed E-state index contributed by atoms with van der Waals surface area (Å²) in [7, 11) is 0. The summed E-state index contributed by atoms with van der Waals surface area (Å²) in [5.41, 5.74) is -0.187. The van der Waals surface area contributed by atoms with Gasteiger partial charge in [-0.15, -0.1) is 0 Å². The second-order valence-electron chi connectivity index (χ2n) is 6.84. The Morgan fingerprint density at radius 1 is 1.33 bits per heavy atom. The van der Waals surface area contributed by atoms with E-state index in [0.29, 0.717) is 17.3 Å². The SMILES string of the molecule is CC[C@H](C)/C=C(C)/C=C/C1=CC2=C(Br)C(=O)C(C)(OC(C)=O)C(=O)C2=CO1. The second kappa shape index (κ2) is 8.21. The number of Topliss-reactive ketones (excluding diaryl/α,β-unsaturated/α-hetero) is 2. The molecule has 2 rings (SSSR count). The molecule has 0 aromatic heterocycles. The number of rotatable bonds is 5. The molecule has 0 amide bonds. The standard InChI is InChI=1S/C21H23BrO5/c1-6-12(2)9-13(3)7-8-15-10-16-17(11-26-15)19(24)21(5,27-14(4)23)20(25)18(16)22/h7-12H,6H2,1-5H3/b8-7+,13-9+/t12-,21?/m0/s1. The van der Waals surface area contributed by atoms with Crippen molar-refractivity contribution in [2.24, 2.45) is 5.92 Å². The van der Waals surface area contributed by atoms with Crippen molar-refractivity contribution in [2.75, 3.05) is 0 Å². The number of ether oxygens (including phenoxy) is 2. The Morgan fingerprint density at radius 3 is 2.59 bits per heavy atom. The fourth-order valence-corrected chi connectivity index (χ4v) is 3.50. The van der Waals surface area contributed by atoms with Crippen LogP contribution in [0.4, 0.5) is 0 Å². The lowest BCUT2D eigenvalue weighted by Crippen LogP contribution is -2.51. The van der Waals surface area contributed by atoms with E-state index in [-0.39, 0.29) is 10.1 Å². The van der Waals surface area contributed by atoms with Crippen molar-refractivity contribution in [3.8, 4) is 0 Å². The molecule has 0 saturated carbocycles. The van der Waals surface area contributed by atoms with Crippen molar-refractivity contribution in [1.29, 1.82) is 0 Å². The third-order valence-electron chi connectivity index (χ3n) is 4.49. The van der Waals surface area contributed by atoms with Crippen LogP contribution < -0.4 is 0 Å². The summed E-state index contributed by atoms with van der Waals surface area (Å²) >= 11 is 3.25. The topological polar surface area (TPSA) is 69.7 Å². The monoisotopic (exact) mass is 434 g/mol. The third-order valence-corrected chi connectivity index (χ3v) is 5.27. The molecule has 144 valence electrons. The Kier molecular flexibility index (Phi) is 6.42. The number of halogens is 1. The molecular formula is C21H23BrO5. The second-order valence-corrected chi connectivity index (χ2v) is 7.63. The predicted molar refractivity (Wildman–Crippen MR) is 106 cm³/mol. The van der Waals surface area contributed by atoms with Crippen LogP contribution in [-0.4, -0.2) is 23.1 Å². The average molecular weight is 435 g/mol. The van der Waals surface area contributed by atoms with Crippen LogP contribution in [0, 0.1) is 5.92 Å². The number of fused-ring (bicyclic) bond motifs is 1. The summed E-state index contributed by atoms with van der Waals surface area (Å²) < 4.78 is 10.8. The average Bonchev–Trinajstić information content (AvgIpc) is 2.62. The van der Waals surface area contributed by atoms with Crippen LogP contribution in [0.2, 0.25) is 0 Å². The fraction of sp³-hybridized carbons (Fsp3) is 0.381. The van der Waals surface area contributed by atoms with E-state index in [4.69, 9.17) is 9.47 Å². The van der Waals surface area contributed by atoms with Gasteiger partial charge in [0.2, 0.25) is 17.2 Å². The van der Waals surface area contributed by atoms with Gasteiger partial charge in [-0.3, -0.25) is 14.4 Å². The minimum Gasteiger partial charge on any atom is -0.464 e. The molecule has 5 nitrogen and oxygen atoms in total. The highest BCUT2D eigenvalue weighted by molar-refractivity contribution is 9.12. The maximum absolute atomic E-state index is 12.7. The first kappa shape index (κ1) is 21.1. The van der Waals surface area contributed by atoms with Crippen molar-refractivity contribution in [3.63, 3.8) is 0 Å². The van der Waals surface area contributed by atoms with E-state index in [1.54, 1.807) is 12.2 Å². The first-order valence-corrected chi connectivity index (χ1v) is 9.53. The minimum atomic E-state index is -1.89. The van der Waals surface area contributed by atoms with Crippen molar-refractivity contribution in [2.45, 2.75) is 46.6 Å². The van der Waals surface area contributed by atoms with Crippen molar-refractivity contribution in [3.05, 3.63) is 57.5 Å². The number of carbonyl (C=O) groups excluding carboxylic acids is 3. The molecule has 1 unspecified atom stereocenters. The Morgan fingerprint density at radius 2 is 2.00 bits per heavy atom. The van der Waals surface area contributed by atoms with Crippen molar-refractivity contribution < 1.29 is 23.9 Å². The van der Waals surface area contributed by atoms with Gasteiger partial charge in [-0.25, -0.2) is 0 Å². The third kappa shape index (κ3) is 4.38. The van der Waals surface area contributed by atoms with Gasteiger partial charge in [0.1, 0.15) is 12.0 Å². The van der Waals surface area contributed by atoms with Crippen molar-refractivity contribution in [1.82, 2.24) is 0 Å². The normalized spacial score (nSPS) is 24.3. The Bertz CT molecular complexity index is 841. The van der Waals surface area contributed by atoms with Gasteiger partial charge in [-0.2, -0.15) is 0 Å². The molecule has 0 spiro atoms. The number of esters is 1. The van der Waals surface area contributed by atoms with Gasteiger partial charge in [0.25, 0.3) is 0 Å². The lowest BCUT2D eigenvalue weighted by Gasteiger charge is -2.32. The maximum atomic E-state index is 12.7. The van der Waals surface area contributed by atoms with E-state index in [2.05, 4.69) is 35.9 Å². The van der Waals surface area contributed by atoms with Crippen LogP contribution in [0.5, 0.6) is 0 Å². The van der Waals surface area contributed by atoms with Gasteiger partial charge < -0.3 is 9.47 Å². The van der Waals surface area contributed by atoms with Crippen LogP contribution in [0.3, 0.4) is 0 Å². The van der Waals surface area contributed by atoms with E-state index in [1.807, 2.05) is 13.0 Å². The van der Waals surface area contributed by atoms with Crippen LogP contribution in [-0.2, 0) is 23.9 Å². The van der Waals surface area contributed by atoms with E-state index >= 15 is 0 Å². The zero-order valence-corrected chi connectivity index (χ0v) is 17.7. The smallest absolute Gasteiger partial charge is 0.304 e. The molecule has 0 saturated heterocycles. The lowest BCUT2D eigenvalue weighted by atomic mass is 9.80. The van der Waals surface area contributed by atoms with Gasteiger partial charge in [0, 0.05) is 12.5 Å². The summed E-state index contributed by atoms with van der Waals surface area (Å²) in [4.78, 5) is 36.7. The molecule has 2 atom stereocenters. The molecule has 1 aliphatic heterocycles. The molecule has 0 fully saturated rings. The summed E-state index contributed by atoms with van der Waals surface area (Å²) in [6, 6.07) is 0. The van der Waals surface area contributed by atoms with Crippen LogP contribution in [0.25, 0.3) is 0 Å². The van der Waals surface area contributed by atoms with Gasteiger partial charge in [-0.05, 0) is 47.8 Å². The number of hydrogen-bond donors (Lipinski definition) is 0. The highest BCUT2D eigenvalue weighted by atomic mass is 79.9. The first-order chi connectivity index (χ1) is 12.6. The van der Waals surface area contributed by atoms with E-state index in [9.17, 15) is 14.4 Å². The fourth-order valence-electron chi connectivity index (χ4n) is 2.80. The molecule has 0 aromatic carbocycles.